The molecule has 0 aromatic carbocycles. The summed E-state index contributed by atoms with van der Waals surface area (Å²) < 4.78 is 0. The van der Waals surface area contributed by atoms with E-state index < -0.39 is 5.97 Å². The molecule has 130 valence electrons. The lowest BCUT2D eigenvalue weighted by molar-refractivity contribution is -0.137. The van der Waals surface area contributed by atoms with Crippen molar-refractivity contribution in [3.8, 4) is 0 Å². The predicted octanol–water partition coefficient (Wildman–Crippen LogP) is 5.19. The molecular weight excluding hydrogens is 288 g/mol. The summed E-state index contributed by atoms with van der Waals surface area (Å²) in [6.07, 6.45) is 24.5. The molecule has 0 radical (unpaired) electrons. The van der Waals surface area contributed by atoms with Crippen molar-refractivity contribution in [1.29, 1.82) is 0 Å². The van der Waals surface area contributed by atoms with Gasteiger partial charge in [-0.2, -0.15) is 0 Å². The highest BCUT2D eigenvalue weighted by atomic mass is 16.4. The largest absolute Gasteiger partial charge is 0.481 e. The van der Waals surface area contributed by atoms with Crippen LogP contribution < -0.4 is 0 Å². The topological polar surface area (TPSA) is 57.5 Å². The van der Waals surface area contributed by atoms with Gasteiger partial charge < -0.3 is 10.2 Å². The predicted molar refractivity (Wildman–Crippen MR) is 97.4 cm³/mol. The number of aliphatic hydroxyl groups is 1. The highest BCUT2D eigenvalue weighted by molar-refractivity contribution is 5.66. The van der Waals surface area contributed by atoms with Gasteiger partial charge in [0.05, 0.1) is 6.10 Å². The van der Waals surface area contributed by atoms with E-state index in [0.717, 1.165) is 44.9 Å². The number of hydrogen-bond donors (Lipinski definition) is 2. The minimum Gasteiger partial charge on any atom is -0.481 e. The number of rotatable bonds is 14. The fraction of sp³-hybridized carbons (Fsp3) is 0.550. The highest BCUT2D eigenvalue weighted by Crippen LogP contribution is 2.02. The first-order valence-electron chi connectivity index (χ1n) is 8.62. The zero-order valence-corrected chi connectivity index (χ0v) is 14.4. The molecule has 0 aromatic heterocycles. The average molecular weight is 320 g/mol. The van der Waals surface area contributed by atoms with Crippen LogP contribution in [-0.2, 0) is 4.79 Å². The Morgan fingerprint density at radius 2 is 1.26 bits per heavy atom. The number of unbranched alkanes of at least 4 members (excludes halogenated alkanes) is 2. The lowest BCUT2D eigenvalue weighted by atomic mass is 10.1. The number of aliphatic hydroxyl groups excluding tert-OH is 1. The van der Waals surface area contributed by atoms with Gasteiger partial charge in [0.15, 0.2) is 0 Å². The van der Waals surface area contributed by atoms with Gasteiger partial charge in [-0.15, -0.1) is 0 Å². The zero-order valence-electron chi connectivity index (χ0n) is 14.4. The second kappa shape index (κ2) is 16.8. The molecule has 0 aliphatic heterocycles. The van der Waals surface area contributed by atoms with Crippen LogP contribution in [0.2, 0.25) is 0 Å². The maximum atomic E-state index is 10.3. The molecule has 0 amide bonds. The summed E-state index contributed by atoms with van der Waals surface area (Å²) in [7, 11) is 0. The number of aliphatic carboxylic acids is 1. The molecule has 0 bridgehead atoms. The zero-order chi connectivity index (χ0) is 17.2. The summed E-state index contributed by atoms with van der Waals surface area (Å²) in [5.74, 6) is -0.723. The summed E-state index contributed by atoms with van der Waals surface area (Å²) in [6.45, 7) is 1.83. The second-order valence-electron chi connectivity index (χ2n) is 5.66. The van der Waals surface area contributed by atoms with Crippen LogP contribution in [0.25, 0.3) is 0 Å². The molecule has 0 saturated carbocycles. The molecular formula is C20H32O3. The number of carbonyl (C=O) groups is 1. The molecule has 0 rings (SSSR count). The van der Waals surface area contributed by atoms with Crippen LogP contribution in [0.15, 0.2) is 48.6 Å². The van der Waals surface area contributed by atoms with Crippen molar-refractivity contribution in [3.05, 3.63) is 48.6 Å². The van der Waals surface area contributed by atoms with Crippen molar-refractivity contribution in [2.75, 3.05) is 0 Å². The van der Waals surface area contributed by atoms with Crippen LogP contribution >= 0.6 is 0 Å². The lowest BCUT2D eigenvalue weighted by Crippen LogP contribution is -1.97. The molecule has 0 heterocycles. The van der Waals surface area contributed by atoms with Gasteiger partial charge in [0, 0.05) is 6.42 Å². The van der Waals surface area contributed by atoms with Gasteiger partial charge in [-0.25, -0.2) is 0 Å². The first-order chi connectivity index (χ1) is 11.1. The van der Waals surface area contributed by atoms with Crippen LogP contribution in [0.5, 0.6) is 0 Å². The third-order valence-corrected chi connectivity index (χ3v) is 3.24. The van der Waals surface area contributed by atoms with Crippen molar-refractivity contribution in [3.63, 3.8) is 0 Å². The van der Waals surface area contributed by atoms with Crippen molar-refractivity contribution in [2.45, 2.75) is 70.8 Å². The van der Waals surface area contributed by atoms with Gasteiger partial charge in [-0.1, -0.05) is 48.6 Å². The smallest absolute Gasteiger partial charge is 0.303 e. The maximum absolute atomic E-state index is 10.3. The minimum absolute atomic E-state index is 0.185. The van der Waals surface area contributed by atoms with Gasteiger partial charge in [0.1, 0.15) is 0 Å². The van der Waals surface area contributed by atoms with Crippen LogP contribution in [0, 0.1) is 0 Å². The molecule has 0 aromatic rings. The fourth-order valence-corrected chi connectivity index (χ4v) is 1.95. The summed E-state index contributed by atoms with van der Waals surface area (Å²) in [4.78, 5) is 10.3. The Balaban J connectivity index is 3.43. The molecule has 0 spiro atoms. The molecule has 2 N–H and O–H groups in total. The summed E-state index contributed by atoms with van der Waals surface area (Å²) in [6, 6.07) is 0. The molecule has 0 aliphatic carbocycles. The Morgan fingerprint density at radius 1 is 0.826 bits per heavy atom. The second-order valence-corrected chi connectivity index (χ2v) is 5.66. The Labute approximate surface area is 141 Å². The van der Waals surface area contributed by atoms with E-state index in [9.17, 15) is 4.79 Å². The number of allylic oxidation sites excluding steroid dienone is 8. The Kier molecular flexibility index (Phi) is 15.6. The van der Waals surface area contributed by atoms with Gasteiger partial charge in [0.2, 0.25) is 0 Å². The van der Waals surface area contributed by atoms with E-state index in [-0.39, 0.29) is 12.5 Å². The van der Waals surface area contributed by atoms with Crippen molar-refractivity contribution in [1.82, 2.24) is 0 Å². The van der Waals surface area contributed by atoms with E-state index in [4.69, 9.17) is 10.2 Å². The fourth-order valence-electron chi connectivity index (χ4n) is 1.95. The van der Waals surface area contributed by atoms with E-state index in [0.29, 0.717) is 6.42 Å². The van der Waals surface area contributed by atoms with Gasteiger partial charge >= 0.3 is 5.97 Å². The van der Waals surface area contributed by atoms with Crippen molar-refractivity contribution in [2.24, 2.45) is 0 Å². The SMILES string of the molecule is CC(O)CCCC=CCC=CCC=CC/C=C\CCCC(=O)O. The average Bonchev–Trinajstić information content (AvgIpc) is 2.49. The third-order valence-electron chi connectivity index (χ3n) is 3.24. The van der Waals surface area contributed by atoms with Crippen LogP contribution in [0.1, 0.15) is 64.7 Å². The maximum Gasteiger partial charge on any atom is 0.303 e. The van der Waals surface area contributed by atoms with E-state index in [1.54, 1.807) is 0 Å². The quantitative estimate of drug-likeness (QED) is 0.342. The number of carboxylic acid groups (broad SMARTS) is 1. The van der Waals surface area contributed by atoms with Crippen LogP contribution in [-0.4, -0.2) is 22.3 Å². The molecule has 23 heavy (non-hydrogen) atoms. The first-order valence-corrected chi connectivity index (χ1v) is 8.62. The highest BCUT2D eigenvalue weighted by Gasteiger charge is 1.93. The summed E-state index contributed by atoms with van der Waals surface area (Å²) >= 11 is 0. The van der Waals surface area contributed by atoms with E-state index >= 15 is 0 Å². The van der Waals surface area contributed by atoms with Gasteiger partial charge in [-0.05, 0) is 58.3 Å². The molecule has 0 saturated heterocycles. The summed E-state index contributed by atoms with van der Waals surface area (Å²) in [5, 5.41) is 17.6. The molecule has 0 fully saturated rings. The molecule has 3 heteroatoms. The molecule has 1 atom stereocenters. The molecule has 0 aliphatic rings. The van der Waals surface area contributed by atoms with Crippen LogP contribution in [0.4, 0.5) is 0 Å². The molecule has 1 unspecified atom stereocenters. The van der Waals surface area contributed by atoms with Crippen molar-refractivity contribution >= 4 is 5.97 Å². The normalized spacial score (nSPS) is 13.8. The summed E-state index contributed by atoms with van der Waals surface area (Å²) in [5.41, 5.74) is 0. The molecule has 3 nitrogen and oxygen atoms in total. The Hall–Kier alpha value is -1.61. The first kappa shape index (κ1) is 21.4. The monoisotopic (exact) mass is 320 g/mol. The lowest BCUT2D eigenvalue weighted by Gasteiger charge is -1.99. The third kappa shape index (κ3) is 20.4. The van der Waals surface area contributed by atoms with Crippen LogP contribution in [0.3, 0.4) is 0 Å². The Bertz CT molecular complexity index is 390. The van der Waals surface area contributed by atoms with Gasteiger partial charge in [-0.3, -0.25) is 4.79 Å². The van der Waals surface area contributed by atoms with E-state index in [2.05, 4.69) is 42.5 Å². The Morgan fingerprint density at radius 3 is 1.70 bits per heavy atom. The van der Waals surface area contributed by atoms with E-state index in [1.165, 1.54) is 0 Å². The minimum atomic E-state index is -0.723. The van der Waals surface area contributed by atoms with Crippen molar-refractivity contribution < 1.29 is 15.0 Å². The van der Waals surface area contributed by atoms with E-state index in [1.807, 2.05) is 13.0 Å². The number of carboxylic acids is 1. The van der Waals surface area contributed by atoms with Gasteiger partial charge in [0.25, 0.3) is 0 Å². The standard InChI is InChI=1S/C20H32O3/c1-19(21)17-15-13-11-9-7-5-3-2-4-6-8-10-12-14-16-18-20(22)23/h3-6,9-12,19,21H,2,7-8,13-18H2,1H3,(H,22,23)/b5-3?,6-4?,11-9?,12-10-. The number of hydrogen-bond acceptors (Lipinski definition) is 2.